The third kappa shape index (κ3) is 5.82. The van der Waals surface area contributed by atoms with Crippen molar-refractivity contribution >= 4 is 11.6 Å². The largest absolute Gasteiger partial charge is 0.506 e. The average molecular weight is 426 g/mol. The van der Waals surface area contributed by atoms with Gasteiger partial charge in [0, 0.05) is 32.7 Å². The number of ether oxygens (including phenoxy) is 1. The van der Waals surface area contributed by atoms with Gasteiger partial charge in [-0.1, -0.05) is 24.3 Å². The first kappa shape index (κ1) is 22.7. The molecule has 7 heteroatoms. The highest BCUT2D eigenvalue weighted by Crippen LogP contribution is 2.27. The summed E-state index contributed by atoms with van der Waals surface area (Å²) in [6, 6.07) is 15.9. The molecule has 1 fully saturated rings. The molecule has 1 atom stereocenters. The quantitative estimate of drug-likeness (QED) is 0.525. The van der Waals surface area contributed by atoms with Crippen molar-refractivity contribution in [3.63, 3.8) is 0 Å². The van der Waals surface area contributed by atoms with Crippen LogP contribution < -0.4 is 15.0 Å². The van der Waals surface area contributed by atoms with Crippen LogP contribution in [0.25, 0.3) is 0 Å². The molecule has 1 aliphatic rings. The summed E-state index contributed by atoms with van der Waals surface area (Å²) in [5, 5.41) is 13.6. The third-order valence-electron chi connectivity index (χ3n) is 5.67. The van der Waals surface area contributed by atoms with Crippen molar-refractivity contribution in [2.24, 2.45) is 4.99 Å². The molecule has 0 aromatic heterocycles. The van der Waals surface area contributed by atoms with Crippen LogP contribution in [0.1, 0.15) is 18.5 Å². The van der Waals surface area contributed by atoms with Gasteiger partial charge in [0.05, 0.1) is 25.4 Å². The molecule has 3 rings (SSSR count). The standard InChI is InChI=1S/C24H35N5O2/c1-5-25-24(26-18-22(27(2)3)19-10-12-20(31-4)13-11-19)29-16-14-28(15-17-29)21-8-6-7-9-23(21)30/h6-13,22,30H,5,14-18H2,1-4H3,(H,25,26). The maximum atomic E-state index is 10.2. The zero-order chi connectivity index (χ0) is 22.2. The molecule has 0 radical (unpaired) electrons. The molecule has 0 spiro atoms. The number of hydrogen-bond donors (Lipinski definition) is 2. The first-order valence-corrected chi connectivity index (χ1v) is 10.9. The molecule has 0 aliphatic carbocycles. The van der Waals surface area contributed by atoms with Gasteiger partial charge in [-0.2, -0.15) is 0 Å². The summed E-state index contributed by atoms with van der Waals surface area (Å²) in [6.45, 7) is 7.00. The molecule has 2 N–H and O–H groups in total. The molecule has 0 saturated carbocycles. The van der Waals surface area contributed by atoms with E-state index in [9.17, 15) is 5.11 Å². The van der Waals surface area contributed by atoms with Crippen LogP contribution in [0.15, 0.2) is 53.5 Å². The van der Waals surface area contributed by atoms with E-state index in [1.165, 1.54) is 5.56 Å². The fourth-order valence-corrected chi connectivity index (χ4v) is 3.88. The molecule has 1 saturated heterocycles. The van der Waals surface area contributed by atoms with Crippen LogP contribution in [0.5, 0.6) is 11.5 Å². The fraction of sp³-hybridized carbons (Fsp3) is 0.458. The number of para-hydroxylation sites is 2. The third-order valence-corrected chi connectivity index (χ3v) is 5.67. The van der Waals surface area contributed by atoms with Crippen LogP contribution in [-0.4, -0.2) is 81.3 Å². The molecule has 0 bridgehead atoms. The Hall–Kier alpha value is -2.93. The summed E-state index contributed by atoms with van der Waals surface area (Å²) in [6.07, 6.45) is 0. The molecular weight excluding hydrogens is 390 g/mol. The van der Waals surface area contributed by atoms with E-state index in [2.05, 4.69) is 53.2 Å². The number of guanidine groups is 1. The Morgan fingerprint density at radius 2 is 1.77 bits per heavy atom. The van der Waals surface area contributed by atoms with Gasteiger partial charge in [0.15, 0.2) is 5.96 Å². The second-order valence-electron chi connectivity index (χ2n) is 7.91. The van der Waals surface area contributed by atoms with Crippen molar-refractivity contribution in [1.29, 1.82) is 0 Å². The van der Waals surface area contributed by atoms with Gasteiger partial charge in [-0.25, -0.2) is 0 Å². The van der Waals surface area contributed by atoms with Gasteiger partial charge in [0.1, 0.15) is 11.5 Å². The van der Waals surface area contributed by atoms with Crippen LogP contribution in [-0.2, 0) is 0 Å². The molecule has 168 valence electrons. The van der Waals surface area contributed by atoms with Crippen LogP contribution in [0.3, 0.4) is 0 Å². The monoisotopic (exact) mass is 425 g/mol. The lowest BCUT2D eigenvalue weighted by Crippen LogP contribution is -2.52. The van der Waals surface area contributed by atoms with Gasteiger partial charge in [-0.05, 0) is 50.8 Å². The lowest BCUT2D eigenvalue weighted by Gasteiger charge is -2.38. The zero-order valence-electron chi connectivity index (χ0n) is 19.1. The number of likely N-dealkylation sites (N-methyl/N-ethyl adjacent to an activating group) is 1. The molecule has 31 heavy (non-hydrogen) atoms. The minimum Gasteiger partial charge on any atom is -0.506 e. The lowest BCUT2D eigenvalue weighted by atomic mass is 10.1. The number of benzene rings is 2. The number of nitrogens with zero attached hydrogens (tertiary/aromatic N) is 4. The molecule has 1 aliphatic heterocycles. The van der Waals surface area contributed by atoms with Crippen LogP contribution >= 0.6 is 0 Å². The molecule has 1 unspecified atom stereocenters. The van der Waals surface area contributed by atoms with E-state index in [0.29, 0.717) is 12.3 Å². The number of phenols is 1. The first-order valence-electron chi connectivity index (χ1n) is 10.9. The predicted octanol–water partition coefficient (Wildman–Crippen LogP) is 2.79. The molecule has 2 aromatic carbocycles. The number of anilines is 1. The van der Waals surface area contributed by atoms with Crippen molar-refractivity contribution in [1.82, 2.24) is 15.1 Å². The second kappa shape index (κ2) is 10.9. The van der Waals surface area contributed by atoms with Crippen molar-refractivity contribution in [3.8, 4) is 11.5 Å². The Balaban J connectivity index is 1.68. The summed E-state index contributed by atoms with van der Waals surface area (Å²) in [5.41, 5.74) is 2.12. The number of methoxy groups -OCH3 is 1. The first-order chi connectivity index (χ1) is 15.0. The highest BCUT2D eigenvalue weighted by molar-refractivity contribution is 5.80. The average Bonchev–Trinajstić information content (AvgIpc) is 2.79. The maximum absolute atomic E-state index is 10.2. The smallest absolute Gasteiger partial charge is 0.194 e. The number of piperazine rings is 1. The van der Waals surface area contributed by atoms with E-state index in [0.717, 1.165) is 50.1 Å². The van der Waals surface area contributed by atoms with E-state index in [4.69, 9.17) is 9.73 Å². The molecule has 1 heterocycles. The minimum absolute atomic E-state index is 0.183. The van der Waals surface area contributed by atoms with Crippen LogP contribution in [0.4, 0.5) is 5.69 Å². The molecular formula is C24H35N5O2. The normalized spacial score (nSPS) is 15.8. The highest BCUT2D eigenvalue weighted by atomic mass is 16.5. The van der Waals surface area contributed by atoms with E-state index < -0.39 is 0 Å². The fourth-order valence-electron chi connectivity index (χ4n) is 3.88. The Morgan fingerprint density at radius 3 is 2.35 bits per heavy atom. The second-order valence-corrected chi connectivity index (χ2v) is 7.91. The molecule has 7 nitrogen and oxygen atoms in total. The van der Waals surface area contributed by atoms with Crippen molar-refractivity contribution < 1.29 is 9.84 Å². The number of phenolic OH excluding ortho intramolecular Hbond substituents is 1. The summed E-state index contributed by atoms with van der Waals surface area (Å²) in [7, 11) is 5.86. The van der Waals surface area contributed by atoms with Crippen molar-refractivity contribution in [2.45, 2.75) is 13.0 Å². The van der Waals surface area contributed by atoms with Gasteiger partial charge in [-0.15, -0.1) is 0 Å². The van der Waals surface area contributed by atoms with Crippen LogP contribution in [0.2, 0.25) is 0 Å². The number of aliphatic imine (C=N–C) groups is 1. The summed E-state index contributed by atoms with van der Waals surface area (Å²) < 4.78 is 5.29. The number of rotatable bonds is 7. The summed E-state index contributed by atoms with van der Waals surface area (Å²) in [4.78, 5) is 11.7. The Morgan fingerprint density at radius 1 is 1.10 bits per heavy atom. The maximum Gasteiger partial charge on any atom is 0.194 e. The number of hydrogen-bond acceptors (Lipinski definition) is 5. The van der Waals surface area contributed by atoms with Gasteiger partial charge in [0.25, 0.3) is 0 Å². The summed E-state index contributed by atoms with van der Waals surface area (Å²) in [5.74, 6) is 2.14. The highest BCUT2D eigenvalue weighted by Gasteiger charge is 2.22. The van der Waals surface area contributed by atoms with Crippen LogP contribution in [0, 0.1) is 0 Å². The SMILES string of the molecule is CCNC(=NCC(c1ccc(OC)cc1)N(C)C)N1CCN(c2ccccc2O)CC1. The Labute approximate surface area is 185 Å². The van der Waals surface area contributed by atoms with E-state index in [-0.39, 0.29) is 6.04 Å². The number of nitrogens with one attached hydrogen (secondary N) is 1. The van der Waals surface area contributed by atoms with Gasteiger partial charge in [-0.3, -0.25) is 4.99 Å². The minimum atomic E-state index is 0.183. The van der Waals surface area contributed by atoms with Gasteiger partial charge in [0.2, 0.25) is 0 Å². The lowest BCUT2D eigenvalue weighted by molar-refractivity contribution is 0.303. The topological polar surface area (TPSA) is 63.6 Å². The predicted molar refractivity (Wildman–Crippen MR) is 127 cm³/mol. The van der Waals surface area contributed by atoms with E-state index >= 15 is 0 Å². The zero-order valence-corrected chi connectivity index (χ0v) is 19.1. The van der Waals surface area contributed by atoms with Crippen molar-refractivity contribution in [3.05, 3.63) is 54.1 Å². The summed E-state index contributed by atoms with van der Waals surface area (Å²) >= 11 is 0. The van der Waals surface area contributed by atoms with E-state index in [1.807, 2.05) is 30.3 Å². The molecule has 2 aromatic rings. The Bertz CT molecular complexity index is 845. The van der Waals surface area contributed by atoms with Gasteiger partial charge >= 0.3 is 0 Å². The molecule has 0 amide bonds. The van der Waals surface area contributed by atoms with Crippen molar-refractivity contribution in [2.75, 3.05) is 65.4 Å². The van der Waals surface area contributed by atoms with E-state index in [1.54, 1.807) is 13.2 Å². The number of aromatic hydroxyl groups is 1. The van der Waals surface area contributed by atoms with Gasteiger partial charge < -0.3 is 29.9 Å². The Kier molecular flexibility index (Phi) is 8.00.